The van der Waals surface area contributed by atoms with Gasteiger partial charge in [0.25, 0.3) is 0 Å². The minimum atomic E-state index is -1.09. The van der Waals surface area contributed by atoms with E-state index in [0.717, 1.165) is 5.56 Å². The van der Waals surface area contributed by atoms with Crippen LogP contribution < -0.4 is 23.7 Å². The van der Waals surface area contributed by atoms with Crippen molar-refractivity contribution >= 4 is 5.97 Å². The third-order valence-corrected chi connectivity index (χ3v) is 5.64. The normalized spacial score (nSPS) is 18.4. The van der Waals surface area contributed by atoms with Crippen LogP contribution in [0.25, 0.3) is 0 Å². The van der Waals surface area contributed by atoms with E-state index in [1.807, 2.05) is 12.1 Å². The van der Waals surface area contributed by atoms with E-state index in [1.165, 1.54) is 21.3 Å². The first-order chi connectivity index (χ1) is 16.0. The monoisotopic (exact) mass is 462 g/mol. The minimum Gasteiger partial charge on any atom is -0.493 e. The fourth-order valence-electron chi connectivity index (χ4n) is 4.03. The summed E-state index contributed by atoms with van der Waals surface area (Å²) < 4.78 is 37.4. The smallest absolute Gasteiger partial charge is 0.312 e. The summed E-state index contributed by atoms with van der Waals surface area (Å²) in [6.07, 6.45) is -0.629. The molecule has 9 nitrogen and oxygen atoms in total. The average Bonchev–Trinajstić information content (AvgIpc) is 3.20. The first-order valence-electron chi connectivity index (χ1n) is 10.4. The molecule has 180 valence electrons. The maximum absolute atomic E-state index is 12.6. The van der Waals surface area contributed by atoms with Crippen molar-refractivity contribution in [2.24, 2.45) is 11.8 Å². The van der Waals surface area contributed by atoms with Gasteiger partial charge in [0.05, 0.1) is 47.1 Å². The van der Waals surface area contributed by atoms with Crippen molar-refractivity contribution in [1.29, 1.82) is 0 Å². The molecule has 1 aliphatic rings. The Kier molecular flexibility index (Phi) is 8.24. The summed E-state index contributed by atoms with van der Waals surface area (Å²) in [4.78, 5) is 12.6. The zero-order valence-electron chi connectivity index (χ0n) is 19.5. The Bertz CT molecular complexity index is 934. The van der Waals surface area contributed by atoms with E-state index >= 15 is 0 Å². The highest BCUT2D eigenvalue weighted by Gasteiger charge is 2.42. The molecule has 1 N–H and O–H groups in total. The Morgan fingerprint density at radius 2 is 1.61 bits per heavy atom. The van der Waals surface area contributed by atoms with Crippen molar-refractivity contribution < 1.29 is 43.1 Å². The van der Waals surface area contributed by atoms with Crippen LogP contribution in [0.15, 0.2) is 30.3 Å². The van der Waals surface area contributed by atoms with Gasteiger partial charge >= 0.3 is 5.97 Å². The lowest BCUT2D eigenvalue weighted by atomic mass is 9.83. The summed E-state index contributed by atoms with van der Waals surface area (Å²) in [5.41, 5.74) is 1.38. The molecule has 33 heavy (non-hydrogen) atoms. The van der Waals surface area contributed by atoms with Gasteiger partial charge in [-0.15, -0.1) is 0 Å². The van der Waals surface area contributed by atoms with Gasteiger partial charge in [-0.05, 0) is 41.8 Å². The number of carbonyl (C=O) groups is 1. The van der Waals surface area contributed by atoms with Gasteiger partial charge in [0.1, 0.15) is 0 Å². The summed E-state index contributed by atoms with van der Waals surface area (Å²) in [7, 11) is 7.65. The van der Waals surface area contributed by atoms with E-state index in [1.54, 1.807) is 32.4 Å². The van der Waals surface area contributed by atoms with Crippen molar-refractivity contribution in [3.05, 3.63) is 41.5 Å². The maximum Gasteiger partial charge on any atom is 0.312 e. The quantitative estimate of drug-likeness (QED) is 0.399. The maximum atomic E-state index is 12.6. The fourth-order valence-corrected chi connectivity index (χ4v) is 4.03. The molecule has 0 aliphatic carbocycles. The highest BCUT2D eigenvalue weighted by atomic mass is 16.7. The lowest BCUT2D eigenvalue weighted by Crippen LogP contribution is -2.25. The van der Waals surface area contributed by atoms with E-state index < -0.39 is 18.0 Å². The van der Waals surface area contributed by atoms with E-state index in [0.29, 0.717) is 40.7 Å². The molecule has 1 fully saturated rings. The first-order valence-corrected chi connectivity index (χ1v) is 10.4. The molecule has 1 unspecified atom stereocenters. The van der Waals surface area contributed by atoms with Gasteiger partial charge in [0.2, 0.25) is 5.75 Å². The second-order valence-electron chi connectivity index (χ2n) is 7.56. The molecule has 1 saturated heterocycles. The Labute approximate surface area is 193 Å². The Morgan fingerprint density at radius 3 is 2.18 bits per heavy atom. The number of methoxy groups -OCH3 is 5. The third kappa shape index (κ3) is 5.26. The molecule has 1 heterocycles. The van der Waals surface area contributed by atoms with Gasteiger partial charge in [-0.3, -0.25) is 4.79 Å². The molecule has 0 bridgehead atoms. The molecule has 3 atom stereocenters. The number of cyclic esters (lactones) is 1. The Morgan fingerprint density at radius 1 is 0.939 bits per heavy atom. The molecule has 0 spiro atoms. The second-order valence-corrected chi connectivity index (χ2v) is 7.56. The molecule has 9 heteroatoms. The molecular formula is C24H30O9. The Balaban J connectivity index is 1.87. The van der Waals surface area contributed by atoms with E-state index in [-0.39, 0.29) is 19.3 Å². The van der Waals surface area contributed by atoms with Crippen molar-refractivity contribution in [3.8, 4) is 28.7 Å². The lowest BCUT2D eigenvalue weighted by molar-refractivity contribution is -0.144. The molecular weight excluding hydrogens is 432 g/mol. The second kappa shape index (κ2) is 11.1. The van der Waals surface area contributed by atoms with Gasteiger partial charge in [-0.1, -0.05) is 6.07 Å². The van der Waals surface area contributed by atoms with E-state index in [4.69, 9.17) is 33.2 Å². The number of carbonyl (C=O) groups excluding carboxylic acids is 1. The predicted octanol–water partition coefficient (Wildman–Crippen LogP) is 2.77. The minimum absolute atomic E-state index is 0.0190. The lowest BCUT2D eigenvalue weighted by Gasteiger charge is -2.23. The van der Waals surface area contributed by atoms with Crippen molar-refractivity contribution in [3.63, 3.8) is 0 Å². The van der Waals surface area contributed by atoms with Crippen LogP contribution >= 0.6 is 0 Å². The number of hydrogen-bond acceptors (Lipinski definition) is 9. The largest absolute Gasteiger partial charge is 0.493 e. The molecule has 2 aromatic rings. The van der Waals surface area contributed by atoms with Crippen LogP contribution in [0.2, 0.25) is 0 Å². The van der Waals surface area contributed by atoms with Crippen LogP contribution in [0.4, 0.5) is 0 Å². The van der Waals surface area contributed by atoms with Gasteiger partial charge in [0.15, 0.2) is 29.8 Å². The van der Waals surface area contributed by atoms with Gasteiger partial charge in [0, 0.05) is 13.0 Å². The summed E-state index contributed by atoms with van der Waals surface area (Å²) in [6.45, 7) is 0.214. The van der Waals surface area contributed by atoms with Crippen LogP contribution in [0.1, 0.15) is 17.2 Å². The number of ether oxygens (including phenoxy) is 7. The summed E-state index contributed by atoms with van der Waals surface area (Å²) in [5, 5.41) is 11.1. The highest BCUT2D eigenvalue weighted by Crippen LogP contribution is 2.42. The van der Waals surface area contributed by atoms with E-state index in [2.05, 4.69) is 0 Å². The molecule has 0 radical (unpaired) electrons. The average molecular weight is 462 g/mol. The third-order valence-electron chi connectivity index (χ3n) is 5.64. The van der Waals surface area contributed by atoms with Crippen LogP contribution in [-0.4, -0.2) is 60.0 Å². The van der Waals surface area contributed by atoms with E-state index in [9.17, 15) is 9.90 Å². The van der Waals surface area contributed by atoms with Crippen molar-refractivity contribution in [2.45, 2.75) is 12.5 Å². The van der Waals surface area contributed by atoms with Crippen LogP contribution in [-0.2, 0) is 20.7 Å². The molecule has 3 rings (SSSR count). The summed E-state index contributed by atoms with van der Waals surface area (Å²) in [5.74, 6) is 0.951. The first kappa shape index (κ1) is 24.5. The van der Waals surface area contributed by atoms with Crippen LogP contribution in [0, 0.1) is 11.8 Å². The summed E-state index contributed by atoms with van der Waals surface area (Å²) >= 11 is 0. The van der Waals surface area contributed by atoms with Crippen LogP contribution in [0.3, 0.4) is 0 Å². The number of benzene rings is 2. The van der Waals surface area contributed by atoms with Gasteiger partial charge < -0.3 is 38.3 Å². The Hall–Kier alpha value is -3.17. The van der Waals surface area contributed by atoms with Crippen molar-refractivity contribution in [1.82, 2.24) is 0 Å². The zero-order valence-corrected chi connectivity index (χ0v) is 19.5. The zero-order chi connectivity index (χ0) is 24.0. The van der Waals surface area contributed by atoms with Gasteiger partial charge in [-0.25, -0.2) is 0 Å². The molecule has 0 amide bonds. The number of hydrogen-bond donors (Lipinski definition) is 1. The highest BCUT2D eigenvalue weighted by molar-refractivity contribution is 5.76. The predicted molar refractivity (Wildman–Crippen MR) is 118 cm³/mol. The van der Waals surface area contributed by atoms with Crippen LogP contribution in [0.5, 0.6) is 28.7 Å². The summed E-state index contributed by atoms with van der Waals surface area (Å²) in [6, 6.07) is 8.68. The van der Waals surface area contributed by atoms with Crippen molar-refractivity contribution in [2.75, 3.05) is 48.9 Å². The molecule has 0 saturated carbocycles. The SMILES string of the molecule is COCOc1cc(C(O)[C@H]2C(=O)OC[C@@H]2Cc2cc(OC)c(OC)c(OC)c2)ccc1OC. The molecule has 2 aromatic carbocycles. The number of esters is 1. The number of rotatable bonds is 11. The topological polar surface area (TPSA) is 102 Å². The molecule has 0 aromatic heterocycles. The fraction of sp³-hybridized carbons (Fsp3) is 0.458. The number of aliphatic hydroxyl groups excluding tert-OH is 1. The standard InChI is InChI=1S/C24H30O9/c1-27-13-33-18-11-15(6-7-17(18)28-2)22(25)21-16(12-32-24(21)26)8-14-9-19(29-3)23(31-5)20(10-14)30-4/h6-7,9-11,16,21-22,25H,8,12-13H2,1-5H3/t16-,21-,22?/m0/s1. The van der Waals surface area contributed by atoms with Gasteiger partial charge in [-0.2, -0.15) is 0 Å². The number of aliphatic hydroxyl groups is 1. The molecule has 1 aliphatic heterocycles.